The topological polar surface area (TPSA) is 60.8 Å². The van der Waals surface area contributed by atoms with Crippen molar-refractivity contribution in [3.8, 4) is 0 Å². The Morgan fingerprint density at radius 1 is 1.25 bits per heavy atom. The SMILES string of the molecule is CCCCC1CN(Cc2ccc(C(F)(F)P(=O)(O)O)c(Br)c2)c2ccccc21. The van der Waals surface area contributed by atoms with Gasteiger partial charge in [0.25, 0.3) is 0 Å². The molecule has 0 aliphatic carbocycles. The number of nitrogens with zero attached hydrogens (tertiary/aromatic N) is 1. The van der Waals surface area contributed by atoms with Crippen LogP contribution in [0.2, 0.25) is 0 Å². The third-order valence-electron chi connectivity index (χ3n) is 5.16. The summed E-state index contributed by atoms with van der Waals surface area (Å²) in [6.45, 7) is 3.59. The van der Waals surface area contributed by atoms with E-state index in [9.17, 15) is 13.3 Å². The summed E-state index contributed by atoms with van der Waals surface area (Å²) in [6, 6.07) is 12.4. The van der Waals surface area contributed by atoms with Crippen LogP contribution in [0.25, 0.3) is 0 Å². The lowest BCUT2D eigenvalue weighted by Gasteiger charge is -2.22. The van der Waals surface area contributed by atoms with E-state index in [0.717, 1.165) is 43.1 Å². The molecule has 1 aliphatic heterocycles. The molecule has 0 fully saturated rings. The minimum Gasteiger partial charge on any atom is -0.366 e. The number of hydrogen-bond acceptors (Lipinski definition) is 2. The maximum atomic E-state index is 14.0. The molecule has 4 nitrogen and oxygen atoms in total. The zero-order chi connectivity index (χ0) is 20.5. The molecule has 0 bridgehead atoms. The third-order valence-corrected chi connectivity index (χ3v) is 6.79. The van der Waals surface area contributed by atoms with Gasteiger partial charge in [-0.1, -0.05) is 66.0 Å². The summed E-state index contributed by atoms with van der Waals surface area (Å²) in [7, 11) is -5.60. The molecule has 1 heterocycles. The average Bonchev–Trinajstić information content (AvgIpc) is 2.97. The third kappa shape index (κ3) is 4.18. The number of hydrogen-bond donors (Lipinski definition) is 2. The molecule has 1 unspecified atom stereocenters. The lowest BCUT2D eigenvalue weighted by molar-refractivity contribution is 0.0557. The quantitative estimate of drug-likeness (QED) is 0.486. The van der Waals surface area contributed by atoms with Crippen molar-refractivity contribution < 1.29 is 23.1 Å². The van der Waals surface area contributed by atoms with Gasteiger partial charge >= 0.3 is 13.3 Å². The van der Waals surface area contributed by atoms with E-state index < -0.39 is 18.8 Å². The molecule has 8 heteroatoms. The van der Waals surface area contributed by atoms with E-state index in [-0.39, 0.29) is 4.47 Å². The molecule has 3 rings (SSSR count). The van der Waals surface area contributed by atoms with Crippen LogP contribution in [-0.2, 0) is 16.8 Å². The molecule has 0 saturated heterocycles. The van der Waals surface area contributed by atoms with Gasteiger partial charge in [0.1, 0.15) is 0 Å². The second-order valence-electron chi connectivity index (χ2n) is 7.18. The largest absolute Gasteiger partial charge is 0.399 e. The summed E-state index contributed by atoms with van der Waals surface area (Å²) >= 11 is 3.06. The summed E-state index contributed by atoms with van der Waals surface area (Å²) < 4.78 is 39.2. The molecular formula is C20H23BrF2NO3P. The first kappa shape index (κ1) is 21.4. The van der Waals surface area contributed by atoms with E-state index >= 15 is 0 Å². The highest BCUT2D eigenvalue weighted by atomic mass is 79.9. The van der Waals surface area contributed by atoms with Gasteiger partial charge in [0.2, 0.25) is 0 Å². The number of rotatable bonds is 7. The van der Waals surface area contributed by atoms with Crippen LogP contribution in [0.3, 0.4) is 0 Å². The summed E-state index contributed by atoms with van der Waals surface area (Å²) in [4.78, 5) is 20.2. The predicted molar refractivity (Wildman–Crippen MR) is 110 cm³/mol. The lowest BCUT2D eigenvalue weighted by Crippen LogP contribution is -2.21. The standard InChI is InChI=1S/C20H23BrF2NO3P/c1-2-3-6-15-13-24(19-8-5-4-7-16(15)19)12-14-9-10-17(18(21)11-14)20(22,23)28(25,26)27/h4-5,7-11,15H,2-3,6,12-13H2,1H3,(H2,25,26,27). The van der Waals surface area contributed by atoms with Crippen molar-refractivity contribution in [1.29, 1.82) is 0 Å². The van der Waals surface area contributed by atoms with Crippen LogP contribution in [0.1, 0.15) is 48.8 Å². The molecule has 2 aromatic carbocycles. The minimum atomic E-state index is -5.60. The molecule has 0 spiro atoms. The van der Waals surface area contributed by atoms with Crippen molar-refractivity contribution in [2.75, 3.05) is 11.4 Å². The van der Waals surface area contributed by atoms with Crippen LogP contribution in [0, 0.1) is 0 Å². The van der Waals surface area contributed by atoms with Gasteiger partial charge in [-0.25, -0.2) is 0 Å². The fourth-order valence-electron chi connectivity index (χ4n) is 3.71. The average molecular weight is 474 g/mol. The Hall–Kier alpha value is -1.27. The van der Waals surface area contributed by atoms with Gasteiger partial charge < -0.3 is 14.7 Å². The smallest absolute Gasteiger partial charge is 0.366 e. The van der Waals surface area contributed by atoms with Crippen LogP contribution < -0.4 is 4.90 Å². The molecule has 0 aromatic heterocycles. The van der Waals surface area contributed by atoms with Gasteiger partial charge in [-0.2, -0.15) is 8.78 Å². The Balaban J connectivity index is 1.83. The molecule has 1 aliphatic rings. The minimum absolute atomic E-state index is 0.00617. The number of para-hydroxylation sites is 1. The molecule has 0 radical (unpaired) electrons. The normalized spacial score (nSPS) is 17.1. The predicted octanol–water partition coefficient (Wildman–Crippen LogP) is 5.97. The fraction of sp³-hybridized carbons (Fsp3) is 0.400. The highest BCUT2D eigenvalue weighted by molar-refractivity contribution is 9.10. The van der Waals surface area contributed by atoms with E-state index in [1.54, 1.807) is 0 Å². The Labute approximate surface area is 171 Å². The van der Waals surface area contributed by atoms with Gasteiger partial charge in [0.15, 0.2) is 0 Å². The number of unbranched alkanes of at least 4 members (excludes halogenated alkanes) is 1. The highest BCUT2D eigenvalue weighted by Gasteiger charge is 2.51. The number of benzene rings is 2. The van der Waals surface area contributed by atoms with Crippen LogP contribution in [0.4, 0.5) is 14.5 Å². The molecule has 2 aromatic rings. The first-order chi connectivity index (χ1) is 13.1. The number of anilines is 1. The molecule has 28 heavy (non-hydrogen) atoms. The molecule has 152 valence electrons. The van der Waals surface area contributed by atoms with Crippen LogP contribution >= 0.6 is 23.5 Å². The first-order valence-electron chi connectivity index (χ1n) is 9.21. The maximum Gasteiger partial charge on any atom is 0.399 e. The van der Waals surface area contributed by atoms with E-state index in [4.69, 9.17) is 9.79 Å². The Morgan fingerprint density at radius 3 is 2.61 bits per heavy atom. The van der Waals surface area contributed by atoms with E-state index in [2.05, 4.69) is 39.9 Å². The Kier molecular flexibility index (Phi) is 6.30. The van der Waals surface area contributed by atoms with Gasteiger partial charge in [0, 0.05) is 34.7 Å². The second kappa shape index (κ2) is 8.23. The van der Waals surface area contributed by atoms with Crippen molar-refractivity contribution in [1.82, 2.24) is 0 Å². The van der Waals surface area contributed by atoms with E-state index in [1.165, 1.54) is 17.7 Å². The Bertz CT molecular complexity index is 903. The fourth-order valence-corrected chi connectivity index (χ4v) is 5.05. The Morgan fingerprint density at radius 2 is 1.96 bits per heavy atom. The number of alkyl halides is 2. The van der Waals surface area contributed by atoms with E-state index in [0.29, 0.717) is 12.5 Å². The summed E-state index contributed by atoms with van der Waals surface area (Å²) in [6.07, 6.45) is 3.41. The van der Waals surface area contributed by atoms with Crippen molar-refractivity contribution in [3.63, 3.8) is 0 Å². The van der Waals surface area contributed by atoms with Gasteiger partial charge in [0.05, 0.1) is 0 Å². The molecule has 1 atom stereocenters. The summed E-state index contributed by atoms with van der Waals surface area (Å²) in [5.41, 5.74) is -1.66. The van der Waals surface area contributed by atoms with E-state index in [1.807, 2.05) is 12.1 Å². The van der Waals surface area contributed by atoms with Crippen LogP contribution in [0.15, 0.2) is 46.9 Å². The molecule has 0 amide bonds. The lowest BCUT2D eigenvalue weighted by atomic mass is 9.96. The molecule has 0 saturated carbocycles. The second-order valence-corrected chi connectivity index (χ2v) is 9.68. The zero-order valence-electron chi connectivity index (χ0n) is 15.5. The number of fused-ring (bicyclic) bond motifs is 1. The van der Waals surface area contributed by atoms with Crippen molar-refractivity contribution in [2.24, 2.45) is 0 Å². The zero-order valence-corrected chi connectivity index (χ0v) is 18.0. The monoisotopic (exact) mass is 473 g/mol. The van der Waals surface area contributed by atoms with Crippen molar-refractivity contribution in [2.45, 2.75) is 44.3 Å². The van der Waals surface area contributed by atoms with Crippen LogP contribution in [-0.4, -0.2) is 16.3 Å². The highest BCUT2D eigenvalue weighted by Crippen LogP contribution is 2.60. The summed E-state index contributed by atoms with van der Waals surface area (Å²) in [5.74, 6) is 0.456. The molecule has 2 N–H and O–H groups in total. The van der Waals surface area contributed by atoms with Gasteiger partial charge in [-0.15, -0.1) is 0 Å². The first-order valence-corrected chi connectivity index (χ1v) is 11.6. The van der Waals surface area contributed by atoms with Crippen molar-refractivity contribution >= 4 is 29.2 Å². The molecular weight excluding hydrogens is 451 g/mol. The summed E-state index contributed by atoms with van der Waals surface area (Å²) in [5, 5.41) is 0. The number of halogens is 3. The van der Waals surface area contributed by atoms with Crippen molar-refractivity contribution in [3.05, 3.63) is 63.6 Å². The maximum absolute atomic E-state index is 14.0. The van der Waals surface area contributed by atoms with Gasteiger partial charge in [-0.3, -0.25) is 4.57 Å². The van der Waals surface area contributed by atoms with Gasteiger partial charge in [-0.05, 0) is 29.7 Å². The van der Waals surface area contributed by atoms with Crippen LogP contribution in [0.5, 0.6) is 0 Å².